The van der Waals surface area contributed by atoms with E-state index in [2.05, 4.69) is 139 Å². The lowest BCUT2D eigenvalue weighted by atomic mass is 9.84. The molecule has 1 aliphatic carbocycles. The number of benzene rings is 5. The Bertz CT molecular complexity index is 1740. The van der Waals surface area contributed by atoms with Crippen LogP contribution in [0.3, 0.4) is 0 Å². The number of hydrogen-bond donors (Lipinski definition) is 0. The van der Waals surface area contributed by atoms with E-state index >= 15 is 0 Å². The minimum absolute atomic E-state index is 0.862. The Hall–Kier alpha value is -4.62. The third-order valence-electron chi connectivity index (χ3n) is 7.33. The van der Waals surface area contributed by atoms with E-state index in [4.69, 9.17) is 0 Å². The van der Waals surface area contributed by atoms with Gasteiger partial charge in [-0.05, 0) is 58.0 Å². The van der Waals surface area contributed by atoms with E-state index in [-0.39, 0.29) is 0 Å². The highest BCUT2D eigenvalue weighted by Crippen LogP contribution is 2.46. The Balaban J connectivity index is 1.38. The van der Waals surface area contributed by atoms with E-state index < -0.39 is 0 Å². The van der Waals surface area contributed by atoms with Crippen molar-refractivity contribution in [2.45, 2.75) is 6.42 Å². The second kappa shape index (κ2) is 8.25. The van der Waals surface area contributed by atoms with E-state index in [1.165, 1.54) is 66.8 Å². The smallest absolute Gasteiger partial charge is 0.0619 e. The van der Waals surface area contributed by atoms with E-state index in [0.717, 1.165) is 6.42 Å². The van der Waals surface area contributed by atoms with E-state index in [1.54, 1.807) is 0 Å². The van der Waals surface area contributed by atoms with Gasteiger partial charge < -0.3 is 4.57 Å². The van der Waals surface area contributed by atoms with Crippen molar-refractivity contribution in [2.24, 2.45) is 0 Å². The minimum Gasteiger partial charge on any atom is -0.309 e. The van der Waals surface area contributed by atoms with Crippen LogP contribution in [-0.4, -0.2) is 4.57 Å². The van der Waals surface area contributed by atoms with Gasteiger partial charge in [-0.1, -0.05) is 116 Å². The van der Waals surface area contributed by atoms with Gasteiger partial charge in [0.25, 0.3) is 0 Å². The molecule has 36 heavy (non-hydrogen) atoms. The lowest BCUT2D eigenvalue weighted by molar-refractivity contribution is 1.11. The molecule has 1 aromatic heterocycles. The first-order valence-electron chi connectivity index (χ1n) is 12.4. The molecular weight excluding hydrogens is 434 g/mol. The first-order chi connectivity index (χ1) is 17.8. The maximum Gasteiger partial charge on any atom is 0.0619 e. The van der Waals surface area contributed by atoms with Crippen molar-refractivity contribution in [3.05, 3.63) is 145 Å². The molecule has 0 bridgehead atoms. The number of fused-ring (bicyclic) bond motifs is 5. The molecule has 170 valence electrons. The maximum atomic E-state index is 4.55. The highest BCUT2D eigenvalue weighted by Gasteiger charge is 2.27. The molecule has 0 spiro atoms. The van der Waals surface area contributed by atoms with Crippen LogP contribution in [0.2, 0.25) is 0 Å². The standard InChI is InChI=1S/C35H25N/c1-24-22-29-23-28(27-18-16-26(17-19-27)25-10-4-2-5-11-25)20-21-31(29)35-34(24)32-14-8-9-15-33(32)36(35)30-12-6-3-7-13-30/h2-21,23H,1,22H2. The monoisotopic (exact) mass is 459 g/mol. The summed E-state index contributed by atoms with van der Waals surface area (Å²) in [5.74, 6) is 0. The zero-order chi connectivity index (χ0) is 24.1. The van der Waals surface area contributed by atoms with Crippen molar-refractivity contribution in [1.29, 1.82) is 0 Å². The third kappa shape index (κ3) is 3.25. The minimum atomic E-state index is 0.862. The predicted molar refractivity (Wildman–Crippen MR) is 152 cm³/mol. The normalized spacial score (nSPS) is 12.4. The van der Waals surface area contributed by atoms with Crippen molar-refractivity contribution >= 4 is 16.5 Å². The van der Waals surface area contributed by atoms with Gasteiger partial charge in [0.15, 0.2) is 0 Å². The molecule has 7 rings (SSSR count). The van der Waals surface area contributed by atoms with Gasteiger partial charge in [0, 0.05) is 22.2 Å². The van der Waals surface area contributed by atoms with Gasteiger partial charge in [0.1, 0.15) is 0 Å². The first-order valence-corrected chi connectivity index (χ1v) is 12.4. The van der Waals surface area contributed by atoms with Crippen LogP contribution in [0, 0.1) is 0 Å². The SMILES string of the molecule is C=C1Cc2cc(-c3ccc(-c4ccccc4)cc3)ccc2-c2c1c1ccccc1n2-c1ccccc1. The maximum absolute atomic E-state index is 4.55. The molecule has 1 aliphatic rings. The summed E-state index contributed by atoms with van der Waals surface area (Å²) < 4.78 is 2.40. The molecule has 0 unspecified atom stereocenters. The fourth-order valence-corrected chi connectivity index (χ4v) is 5.65. The number of allylic oxidation sites excluding steroid dienone is 1. The van der Waals surface area contributed by atoms with Crippen LogP contribution in [0.25, 0.3) is 55.7 Å². The predicted octanol–water partition coefficient (Wildman–Crippen LogP) is 9.20. The third-order valence-corrected chi connectivity index (χ3v) is 7.33. The van der Waals surface area contributed by atoms with Gasteiger partial charge in [0.2, 0.25) is 0 Å². The molecule has 1 heteroatoms. The summed E-state index contributed by atoms with van der Waals surface area (Å²) in [4.78, 5) is 0. The van der Waals surface area contributed by atoms with Crippen LogP contribution in [0.4, 0.5) is 0 Å². The average Bonchev–Trinajstić information content (AvgIpc) is 3.30. The highest BCUT2D eigenvalue weighted by molar-refractivity contribution is 6.04. The number of hydrogen-bond acceptors (Lipinski definition) is 0. The van der Waals surface area contributed by atoms with E-state index in [1.807, 2.05) is 0 Å². The van der Waals surface area contributed by atoms with Crippen molar-refractivity contribution < 1.29 is 0 Å². The summed E-state index contributed by atoms with van der Waals surface area (Å²) in [5, 5.41) is 1.27. The van der Waals surface area contributed by atoms with Crippen LogP contribution in [-0.2, 0) is 6.42 Å². The largest absolute Gasteiger partial charge is 0.309 e. The van der Waals surface area contributed by atoms with Gasteiger partial charge in [-0.25, -0.2) is 0 Å². The second-order valence-corrected chi connectivity index (χ2v) is 9.51. The van der Waals surface area contributed by atoms with Crippen LogP contribution >= 0.6 is 0 Å². The number of para-hydroxylation sites is 2. The topological polar surface area (TPSA) is 4.93 Å². The van der Waals surface area contributed by atoms with E-state index in [0.29, 0.717) is 0 Å². The molecule has 0 radical (unpaired) electrons. The van der Waals surface area contributed by atoms with Crippen LogP contribution < -0.4 is 0 Å². The number of rotatable bonds is 3. The van der Waals surface area contributed by atoms with Gasteiger partial charge >= 0.3 is 0 Å². The Labute approximate surface area is 211 Å². The number of nitrogens with zero attached hydrogens (tertiary/aromatic N) is 1. The Morgan fingerprint density at radius 1 is 0.556 bits per heavy atom. The van der Waals surface area contributed by atoms with Crippen molar-refractivity contribution in [3.8, 4) is 39.2 Å². The van der Waals surface area contributed by atoms with Crippen molar-refractivity contribution in [1.82, 2.24) is 4.57 Å². The Kier molecular flexibility index (Phi) is 4.75. The molecule has 1 heterocycles. The van der Waals surface area contributed by atoms with Crippen molar-refractivity contribution in [2.75, 3.05) is 0 Å². The molecule has 0 atom stereocenters. The summed E-state index contributed by atoms with van der Waals surface area (Å²) in [5.41, 5.74) is 13.7. The summed E-state index contributed by atoms with van der Waals surface area (Å²) in [6, 6.07) is 45.7. The fraction of sp³-hybridized carbons (Fsp3) is 0.0286. The first kappa shape index (κ1) is 20.7. The van der Waals surface area contributed by atoms with Gasteiger partial charge in [-0.3, -0.25) is 0 Å². The quantitative estimate of drug-likeness (QED) is 0.249. The Morgan fingerprint density at radius 2 is 1.14 bits per heavy atom. The summed E-state index contributed by atoms with van der Waals surface area (Å²) in [6.07, 6.45) is 0.862. The molecule has 0 fully saturated rings. The summed E-state index contributed by atoms with van der Waals surface area (Å²) in [7, 11) is 0. The molecule has 1 nitrogen and oxygen atoms in total. The molecule has 5 aromatic carbocycles. The number of aromatic nitrogens is 1. The molecule has 0 saturated carbocycles. The van der Waals surface area contributed by atoms with Crippen LogP contribution in [0.5, 0.6) is 0 Å². The zero-order valence-electron chi connectivity index (χ0n) is 20.0. The second-order valence-electron chi connectivity index (χ2n) is 9.51. The van der Waals surface area contributed by atoms with Gasteiger partial charge in [0.05, 0.1) is 11.2 Å². The summed E-state index contributed by atoms with van der Waals surface area (Å²) in [6.45, 7) is 4.55. The molecule has 0 amide bonds. The average molecular weight is 460 g/mol. The van der Waals surface area contributed by atoms with Crippen molar-refractivity contribution in [3.63, 3.8) is 0 Å². The summed E-state index contributed by atoms with van der Waals surface area (Å²) >= 11 is 0. The molecular formula is C35H25N. The van der Waals surface area contributed by atoms with Crippen LogP contribution in [0.15, 0.2) is 134 Å². The van der Waals surface area contributed by atoms with E-state index in [9.17, 15) is 0 Å². The molecule has 0 N–H and O–H groups in total. The fourth-order valence-electron chi connectivity index (χ4n) is 5.65. The zero-order valence-corrected chi connectivity index (χ0v) is 20.0. The molecule has 6 aromatic rings. The van der Waals surface area contributed by atoms with Crippen LogP contribution in [0.1, 0.15) is 11.1 Å². The van der Waals surface area contributed by atoms with Gasteiger partial charge in [-0.15, -0.1) is 0 Å². The highest BCUT2D eigenvalue weighted by atomic mass is 15.0. The molecule has 0 aliphatic heterocycles. The lowest BCUT2D eigenvalue weighted by Gasteiger charge is -2.23. The lowest BCUT2D eigenvalue weighted by Crippen LogP contribution is -2.06. The Morgan fingerprint density at radius 3 is 1.89 bits per heavy atom. The molecule has 0 saturated heterocycles. The van der Waals surface area contributed by atoms with Gasteiger partial charge in [-0.2, -0.15) is 0 Å².